The van der Waals surface area contributed by atoms with Crippen molar-refractivity contribution in [3.05, 3.63) is 39.9 Å². The fourth-order valence-electron chi connectivity index (χ4n) is 2.86. The molecule has 0 radical (unpaired) electrons. The number of hydrogen-bond donors (Lipinski definition) is 1. The van der Waals surface area contributed by atoms with Crippen LogP contribution < -0.4 is 5.32 Å². The van der Waals surface area contributed by atoms with Crippen molar-refractivity contribution in [2.75, 3.05) is 26.2 Å². The lowest BCUT2D eigenvalue weighted by Gasteiger charge is -2.35. The highest BCUT2D eigenvalue weighted by molar-refractivity contribution is 5.34. The summed E-state index contributed by atoms with van der Waals surface area (Å²) < 4.78 is 0. The molecule has 1 atom stereocenters. The second kappa shape index (κ2) is 7.52. The van der Waals surface area contributed by atoms with Crippen LogP contribution in [0.15, 0.2) is 24.3 Å². The van der Waals surface area contributed by atoms with Gasteiger partial charge in [-0.15, -0.1) is 0 Å². The largest absolute Gasteiger partial charge is 0.314 e. The molecular weight excluding hydrogens is 266 g/mol. The van der Waals surface area contributed by atoms with Gasteiger partial charge in [0.25, 0.3) is 5.69 Å². The summed E-state index contributed by atoms with van der Waals surface area (Å²) in [6, 6.07) is 7.46. The molecule has 0 aromatic heterocycles. The molecule has 5 nitrogen and oxygen atoms in total. The minimum absolute atomic E-state index is 0.168. The summed E-state index contributed by atoms with van der Waals surface area (Å²) in [6.45, 7) is 8.60. The van der Waals surface area contributed by atoms with Crippen molar-refractivity contribution in [1.82, 2.24) is 10.2 Å². The van der Waals surface area contributed by atoms with Crippen molar-refractivity contribution >= 4 is 5.69 Å². The molecule has 21 heavy (non-hydrogen) atoms. The molecule has 1 aromatic rings. The summed E-state index contributed by atoms with van der Waals surface area (Å²) in [4.78, 5) is 13.0. The summed E-state index contributed by atoms with van der Waals surface area (Å²) in [5.41, 5.74) is 1.37. The average molecular weight is 291 g/mol. The summed E-state index contributed by atoms with van der Waals surface area (Å²) >= 11 is 0. The van der Waals surface area contributed by atoms with Gasteiger partial charge in [0.1, 0.15) is 0 Å². The normalized spacial score (nSPS) is 17.9. The van der Waals surface area contributed by atoms with E-state index < -0.39 is 0 Å². The molecule has 0 amide bonds. The van der Waals surface area contributed by atoms with E-state index in [9.17, 15) is 10.1 Å². The van der Waals surface area contributed by atoms with Gasteiger partial charge in [-0.25, -0.2) is 0 Å². The minimum Gasteiger partial charge on any atom is -0.314 e. The molecule has 0 unspecified atom stereocenters. The van der Waals surface area contributed by atoms with Crippen molar-refractivity contribution in [3.63, 3.8) is 0 Å². The maximum Gasteiger partial charge on any atom is 0.269 e. The molecule has 1 heterocycles. The predicted molar refractivity (Wildman–Crippen MR) is 84.4 cm³/mol. The average Bonchev–Trinajstić information content (AvgIpc) is 2.49. The first kappa shape index (κ1) is 15.9. The smallest absolute Gasteiger partial charge is 0.269 e. The molecule has 1 aliphatic rings. The molecule has 5 heteroatoms. The molecule has 1 aliphatic heterocycles. The van der Waals surface area contributed by atoms with E-state index in [0.717, 1.165) is 32.6 Å². The third kappa shape index (κ3) is 4.51. The standard InChI is InChI=1S/C16H25N3O2/c1-13(2)3-8-16(18-11-9-17-10-12-18)14-4-6-15(7-5-14)19(20)21/h4-7,13,16-17H,3,8-12H2,1-2H3/t16-/m1/s1. The highest BCUT2D eigenvalue weighted by atomic mass is 16.6. The Bertz CT molecular complexity index is 453. The van der Waals surface area contributed by atoms with E-state index in [1.807, 2.05) is 12.1 Å². The van der Waals surface area contributed by atoms with Crippen LogP contribution in [0.4, 0.5) is 5.69 Å². The van der Waals surface area contributed by atoms with Gasteiger partial charge in [0.2, 0.25) is 0 Å². The van der Waals surface area contributed by atoms with E-state index >= 15 is 0 Å². The van der Waals surface area contributed by atoms with Crippen molar-refractivity contribution < 1.29 is 4.92 Å². The van der Waals surface area contributed by atoms with E-state index in [2.05, 4.69) is 24.1 Å². The Labute approximate surface area is 126 Å². The van der Waals surface area contributed by atoms with Crippen LogP contribution in [0.25, 0.3) is 0 Å². The van der Waals surface area contributed by atoms with Gasteiger partial charge in [-0.05, 0) is 24.3 Å². The van der Waals surface area contributed by atoms with Crippen LogP contribution >= 0.6 is 0 Å². The van der Waals surface area contributed by atoms with Gasteiger partial charge in [-0.2, -0.15) is 0 Å². The summed E-state index contributed by atoms with van der Waals surface area (Å²) in [5, 5.41) is 14.2. The molecule has 1 N–H and O–H groups in total. The molecule has 0 saturated carbocycles. The number of piperazine rings is 1. The van der Waals surface area contributed by atoms with Gasteiger partial charge in [0.15, 0.2) is 0 Å². The third-order valence-corrected chi connectivity index (χ3v) is 4.10. The Hall–Kier alpha value is -1.46. The highest BCUT2D eigenvalue weighted by Gasteiger charge is 2.22. The predicted octanol–water partition coefficient (Wildman–Crippen LogP) is 2.98. The minimum atomic E-state index is -0.336. The Balaban J connectivity index is 2.14. The van der Waals surface area contributed by atoms with Gasteiger partial charge in [0.05, 0.1) is 4.92 Å². The van der Waals surface area contributed by atoms with Crippen LogP contribution in [0.1, 0.15) is 38.3 Å². The van der Waals surface area contributed by atoms with E-state index in [4.69, 9.17) is 0 Å². The monoisotopic (exact) mass is 291 g/mol. The van der Waals surface area contributed by atoms with Gasteiger partial charge in [-0.3, -0.25) is 15.0 Å². The maximum atomic E-state index is 10.8. The van der Waals surface area contributed by atoms with Crippen LogP contribution in [-0.4, -0.2) is 36.0 Å². The zero-order valence-corrected chi connectivity index (χ0v) is 12.9. The summed E-state index contributed by atoms with van der Waals surface area (Å²) in [6.07, 6.45) is 2.28. The van der Waals surface area contributed by atoms with E-state index in [1.165, 1.54) is 12.0 Å². The van der Waals surface area contributed by atoms with Crippen molar-refractivity contribution in [3.8, 4) is 0 Å². The number of benzene rings is 1. The molecular formula is C16H25N3O2. The number of hydrogen-bond acceptors (Lipinski definition) is 4. The molecule has 2 rings (SSSR count). The van der Waals surface area contributed by atoms with Crippen LogP contribution in [0, 0.1) is 16.0 Å². The van der Waals surface area contributed by atoms with Crippen LogP contribution in [0.2, 0.25) is 0 Å². The van der Waals surface area contributed by atoms with Crippen molar-refractivity contribution in [2.24, 2.45) is 5.92 Å². The summed E-state index contributed by atoms with van der Waals surface area (Å²) in [5.74, 6) is 0.675. The highest BCUT2D eigenvalue weighted by Crippen LogP contribution is 2.29. The zero-order chi connectivity index (χ0) is 15.2. The number of nitro benzene ring substituents is 1. The van der Waals surface area contributed by atoms with E-state index in [1.54, 1.807) is 12.1 Å². The van der Waals surface area contributed by atoms with Crippen LogP contribution in [0.5, 0.6) is 0 Å². The Kier molecular flexibility index (Phi) is 5.70. The number of rotatable bonds is 6. The van der Waals surface area contributed by atoms with Gasteiger partial charge in [-0.1, -0.05) is 26.0 Å². The molecule has 1 saturated heterocycles. The van der Waals surface area contributed by atoms with Crippen LogP contribution in [0.3, 0.4) is 0 Å². The molecule has 116 valence electrons. The molecule has 0 bridgehead atoms. The topological polar surface area (TPSA) is 58.4 Å². The number of nitrogens with zero attached hydrogens (tertiary/aromatic N) is 2. The molecule has 1 aromatic carbocycles. The first-order valence-corrected chi connectivity index (χ1v) is 7.77. The van der Waals surface area contributed by atoms with E-state index in [0.29, 0.717) is 12.0 Å². The van der Waals surface area contributed by atoms with E-state index in [-0.39, 0.29) is 10.6 Å². The Morgan fingerprint density at radius 1 is 1.19 bits per heavy atom. The van der Waals surface area contributed by atoms with Crippen LogP contribution in [-0.2, 0) is 0 Å². The van der Waals surface area contributed by atoms with Crippen molar-refractivity contribution in [2.45, 2.75) is 32.7 Å². The lowest BCUT2D eigenvalue weighted by atomic mass is 9.95. The molecule has 1 fully saturated rings. The van der Waals surface area contributed by atoms with Gasteiger partial charge in [0, 0.05) is 44.4 Å². The molecule has 0 aliphatic carbocycles. The van der Waals surface area contributed by atoms with Gasteiger partial charge >= 0.3 is 0 Å². The lowest BCUT2D eigenvalue weighted by molar-refractivity contribution is -0.384. The Morgan fingerprint density at radius 3 is 2.33 bits per heavy atom. The Morgan fingerprint density at radius 2 is 1.81 bits per heavy atom. The second-order valence-electron chi connectivity index (χ2n) is 6.12. The number of nitro groups is 1. The fraction of sp³-hybridized carbons (Fsp3) is 0.625. The number of non-ortho nitro benzene ring substituents is 1. The second-order valence-corrected chi connectivity index (χ2v) is 6.12. The van der Waals surface area contributed by atoms with Crippen molar-refractivity contribution in [1.29, 1.82) is 0 Å². The quantitative estimate of drug-likeness (QED) is 0.646. The maximum absolute atomic E-state index is 10.8. The molecule has 0 spiro atoms. The first-order chi connectivity index (χ1) is 10.1. The summed E-state index contributed by atoms with van der Waals surface area (Å²) in [7, 11) is 0. The number of nitrogens with one attached hydrogen (secondary N) is 1. The first-order valence-electron chi connectivity index (χ1n) is 7.77. The van der Waals surface area contributed by atoms with Gasteiger partial charge < -0.3 is 5.32 Å². The lowest BCUT2D eigenvalue weighted by Crippen LogP contribution is -2.45. The fourth-order valence-corrected chi connectivity index (χ4v) is 2.86. The SMILES string of the molecule is CC(C)CC[C@H](c1ccc([N+](=O)[O-])cc1)N1CCNCC1. The zero-order valence-electron chi connectivity index (χ0n) is 12.9. The third-order valence-electron chi connectivity index (χ3n) is 4.10.